The van der Waals surface area contributed by atoms with Gasteiger partial charge in [0.05, 0.1) is 5.69 Å². The van der Waals surface area contributed by atoms with Crippen LogP contribution < -0.4 is 15.6 Å². The Morgan fingerprint density at radius 3 is 2.73 bits per heavy atom. The molecule has 0 atom stereocenters. The van der Waals surface area contributed by atoms with Crippen LogP contribution >= 0.6 is 0 Å². The van der Waals surface area contributed by atoms with E-state index in [1.807, 2.05) is 0 Å². The van der Waals surface area contributed by atoms with Crippen LogP contribution in [0.1, 0.15) is 19.8 Å². The Kier molecular flexibility index (Phi) is 4.97. The highest BCUT2D eigenvalue weighted by molar-refractivity contribution is 5.75. The molecular weight excluding hydrogens is 346 g/mol. The molecule has 0 bridgehead atoms. The number of hydrogen-bond acceptors (Lipinski definition) is 5. The molecule has 3 rings (SSSR count). The van der Waals surface area contributed by atoms with Crippen molar-refractivity contribution in [2.75, 3.05) is 6.54 Å². The van der Waals surface area contributed by atoms with Crippen LogP contribution in [0.4, 0.5) is 8.78 Å². The third-order valence-electron chi connectivity index (χ3n) is 3.91. The van der Waals surface area contributed by atoms with E-state index < -0.39 is 12.0 Å². The van der Waals surface area contributed by atoms with Gasteiger partial charge in [0, 0.05) is 43.3 Å². The molecule has 0 spiro atoms. The molecule has 1 aliphatic rings. The first-order chi connectivity index (χ1) is 12.4. The zero-order valence-corrected chi connectivity index (χ0v) is 14.1. The first-order valence-corrected chi connectivity index (χ1v) is 8.22. The summed E-state index contributed by atoms with van der Waals surface area (Å²) in [5.74, 6) is -2.70. The van der Waals surface area contributed by atoms with Gasteiger partial charge < -0.3 is 10.1 Å². The SMILES string of the molecule is CCNC(=O)Cn1nc(-c2ccc(OC3CC(F)(F)C3)nc2)ccc1=O. The van der Waals surface area contributed by atoms with Crippen molar-refractivity contribution in [3.8, 4) is 17.1 Å². The van der Waals surface area contributed by atoms with E-state index in [1.165, 1.54) is 18.3 Å². The molecule has 1 fully saturated rings. The second-order valence-corrected chi connectivity index (χ2v) is 6.06. The van der Waals surface area contributed by atoms with Gasteiger partial charge in [0.15, 0.2) is 0 Å². The summed E-state index contributed by atoms with van der Waals surface area (Å²) < 4.78 is 32.1. The maximum atomic E-state index is 12.8. The van der Waals surface area contributed by atoms with Gasteiger partial charge in [0.25, 0.3) is 11.5 Å². The minimum absolute atomic E-state index is 0.176. The number of amides is 1. The van der Waals surface area contributed by atoms with E-state index in [9.17, 15) is 18.4 Å². The van der Waals surface area contributed by atoms with Crippen molar-refractivity contribution in [1.29, 1.82) is 0 Å². The van der Waals surface area contributed by atoms with Crippen molar-refractivity contribution in [1.82, 2.24) is 20.1 Å². The fraction of sp³-hybridized carbons (Fsp3) is 0.412. The lowest BCUT2D eigenvalue weighted by molar-refractivity contribution is -0.135. The summed E-state index contributed by atoms with van der Waals surface area (Å²) in [6, 6.07) is 6.08. The number of likely N-dealkylation sites (N-methyl/N-ethyl adjacent to an activating group) is 1. The van der Waals surface area contributed by atoms with E-state index in [2.05, 4.69) is 15.4 Å². The molecule has 138 valence electrons. The van der Waals surface area contributed by atoms with Gasteiger partial charge >= 0.3 is 0 Å². The number of rotatable bonds is 6. The van der Waals surface area contributed by atoms with Gasteiger partial charge in [-0.2, -0.15) is 5.10 Å². The summed E-state index contributed by atoms with van der Waals surface area (Å²) in [6.45, 7) is 2.07. The molecule has 7 nitrogen and oxygen atoms in total. The van der Waals surface area contributed by atoms with E-state index in [4.69, 9.17) is 4.74 Å². The summed E-state index contributed by atoms with van der Waals surface area (Å²) in [4.78, 5) is 27.6. The summed E-state index contributed by atoms with van der Waals surface area (Å²) in [5.41, 5.74) is 0.683. The molecule has 0 radical (unpaired) electrons. The van der Waals surface area contributed by atoms with Crippen molar-refractivity contribution in [3.63, 3.8) is 0 Å². The molecule has 0 saturated heterocycles. The van der Waals surface area contributed by atoms with E-state index in [0.717, 1.165) is 4.68 Å². The lowest BCUT2D eigenvalue weighted by Crippen LogP contribution is -2.43. The van der Waals surface area contributed by atoms with Crippen molar-refractivity contribution in [2.45, 2.75) is 38.3 Å². The van der Waals surface area contributed by atoms with Gasteiger partial charge in [-0.05, 0) is 19.1 Å². The largest absolute Gasteiger partial charge is 0.474 e. The number of alkyl halides is 2. The summed E-state index contributed by atoms with van der Waals surface area (Å²) >= 11 is 0. The standard InChI is InChI=1S/C17H18F2N4O3/c1-2-20-14(24)10-23-16(25)6-4-13(22-23)11-3-5-15(21-9-11)26-12-7-17(18,19)8-12/h3-6,9,12H,2,7-8,10H2,1H3,(H,20,24). The molecular formula is C17H18F2N4O3. The van der Waals surface area contributed by atoms with E-state index in [0.29, 0.717) is 17.8 Å². The molecule has 9 heteroatoms. The van der Waals surface area contributed by atoms with Crippen molar-refractivity contribution in [2.24, 2.45) is 0 Å². The fourth-order valence-electron chi connectivity index (χ4n) is 2.57. The maximum absolute atomic E-state index is 12.8. The van der Waals surface area contributed by atoms with E-state index in [-0.39, 0.29) is 36.7 Å². The van der Waals surface area contributed by atoms with Gasteiger partial charge in [-0.1, -0.05) is 0 Å². The van der Waals surface area contributed by atoms with Crippen molar-refractivity contribution < 1.29 is 18.3 Å². The van der Waals surface area contributed by atoms with Gasteiger partial charge in [-0.25, -0.2) is 18.4 Å². The Labute approximate surface area is 148 Å². The average Bonchev–Trinajstić information content (AvgIpc) is 2.56. The van der Waals surface area contributed by atoms with Gasteiger partial charge in [-0.3, -0.25) is 9.59 Å². The summed E-state index contributed by atoms with van der Waals surface area (Å²) in [7, 11) is 0. The number of hydrogen-bond donors (Lipinski definition) is 1. The number of pyridine rings is 1. The van der Waals surface area contributed by atoms with Crippen molar-refractivity contribution >= 4 is 5.91 Å². The molecule has 2 heterocycles. The zero-order valence-electron chi connectivity index (χ0n) is 14.1. The third kappa shape index (κ3) is 4.22. The number of halogens is 2. The number of carbonyl (C=O) groups excluding carboxylic acids is 1. The number of ether oxygens (including phenoxy) is 1. The molecule has 2 aromatic heterocycles. The maximum Gasteiger partial charge on any atom is 0.267 e. The topological polar surface area (TPSA) is 86.1 Å². The highest BCUT2D eigenvalue weighted by Gasteiger charge is 2.47. The van der Waals surface area contributed by atoms with Gasteiger partial charge in [-0.15, -0.1) is 0 Å². The Morgan fingerprint density at radius 1 is 1.35 bits per heavy atom. The van der Waals surface area contributed by atoms with Crippen LogP contribution in [0.3, 0.4) is 0 Å². The molecule has 26 heavy (non-hydrogen) atoms. The quantitative estimate of drug-likeness (QED) is 0.842. The number of nitrogens with one attached hydrogen (secondary N) is 1. The van der Waals surface area contributed by atoms with Crippen LogP contribution in [0, 0.1) is 0 Å². The van der Waals surface area contributed by atoms with Crippen LogP contribution in [-0.4, -0.2) is 39.2 Å². The number of nitrogens with zero attached hydrogens (tertiary/aromatic N) is 3. The highest BCUT2D eigenvalue weighted by Crippen LogP contribution is 2.39. The molecule has 2 aromatic rings. The van der Waals surface area contributed by atoms with Crippen LogP contribution in [0.2, 0.25) is 0 Å². The average molecular weight is 364 g/mol. The molecule has 1 aliphatic carbocycles. The highest BCUT2D eigenvalue weighted by atomic mass is 19.3. The fourth-order valence-corrected chi connectivity index (χ4v) is 2.57. The van der Waals surface area contributed by atoms with E-state index >= 15 is 0 Å². The van der Waals surface area contributed by atoms with Crippen LogP contribution in [0.25, 0.3) is 11.3 Å². The minimum atomic E-state index is -2.65. The van der Waals surface area contributed by atoms with Crippen LogP contribution in [0.15, 0.2) is 35.3 Å². The Hall–Kier alpha value is -2.84. The number of aromatic nitrogens is 3. The first-order valence-electron chi connectivity index (χ1n) is 8.22. The van der Waals surface area contributed by atoms with Crippen molar-refractivity contribution in [3.05, 3.63) is 40.8 Å². The molecule has 1 amide bonds. The predicted octanol–water partition coefficient (Wildman–Crippen LogP) is 1.62. The van der Waals surface area contributed by atoms with Gasteiger partial charge in [0.2, 0.25) is 11.8 Å². The zero-order chi connectivity index (χ0) is 18.7. The Morgan fingerprint density at radius 2 is 2.12 bits per heavy atom. The summed E-state index contributed by atoms with van der Waals surface area (Å²) in [6.07, 6.45) is 0.349. The van der Waals surface area contributed by atoms with Crippen LogP contribution in [0.5, 0.6) is 5.88 Å². The smallest absolute Gasteiger partial charge is 0.267 e. The molecule has 1 N–H and O–H groups in total. The number of carbonyl (C=O) groups is 1. The normalized spacial score (nSPS) is 16.0. The second kappa shape index (κ2) is 7.19. The summed E-state index contributed by atoms with van der Waals surface area (Å²) in [5, 5.41) is 6.77. The second-order valence-electron chi connectivity index (χ2n) is 6.06. The monoisotopic (exact) mass is 364 g/mol. The lowest BCUT2D eigenvalue weighted by atomic mass is 9.91. The van der Waals surface area contributed by atoms with E-state index in [1.54, 1.807) is 19.1 Å². The first kappa shape index (κ1) is 18.0. The molecule has 0 aliphatic heterocycles. The molecule has 1 saturated carbocycles. The minimum Gasteiger partial charge on any atom is -0.474 e. The lowest BCUT2D eigenvalue weighted by Gasteiger charge is -2.34. The molecule has 0 aromatic carbocycles. The van der Waals surface area contributed by atoms with Crippen LogP contribution in [-0.2, 0) is 11.3 Å². The van der Waals surface area contributed by atoms with Gasteiger partial charge in [0.1, 0.15) is 12.6 Å². The molecule has 0 unspecified atom stereocenters. The third-order valence-corrected chi connectivity index (χ3v) is 3.91. The Balaban J connectivity index is 1.70. The predicted molar refractivity (Wildman–Crippen MR) is 89.0 cm³/mol. The Bertz CT molecular complexity index is 844.